The quantitative estimate of drug-likeness (QED) is 0.658. The van der Waals surface area contributed by atoms with Gasteiger partial charge in [0.2, 0.25) is 11.8 Å². The van der Waals surface area contributed by atoms with Gasteiger partial charge in [0.1, 0.15) is 0 Å². The Morgan fingerprint density at radius 1 is 1.08 bits per heavy atom. The van der Waals surface area contributed by atoms with Gasteiger partial charge >= 0.3 is 0 Å². The monoisotopic (exact) mass is 185 g/mol. The molecule has 2 amide bonds. The van der Waals surface area contributed by atoms with Crippen molar-refractivity contribution >= 4 is 11.8 Å². The van der Waals surface area contributed by atoms with Gasteiger partial charge in [0.25, 0.3) is 0 Å². The van der Waals surface area contributed by atoms with Crippen molar-refractivity contribution in [2.24, 2.45) is 5.92 Å². The average Bonchev–Trinajstić information content (AvgIpc) is 1.82. The Morgan fingerprint density at radius 3 is 1.46 bits per heavy atom. The third-order valence-electron chi connectivity index (χ3n) is 2.62. The van der Waals surface area contributed by atoms with E-state index in [1.54, 1.807) is 0 Å². The number of hydrogen-bond donors (Lipinski definition) is 0. The van der Waals surface area contributed by atoms with Crippen LogP contribution in [-0.2, 0) is 9.59 Å². The van der Waals surface area contributed by atoms with Crippen LogP contribution in [0.25, 0.3) is 0 Å². The van der Waals surface area contributed by atoms with Crippen LogP contribution >= 0.6 is 0 Å². The van der Waals surface area contributed by atoms with Crippen molar-refractivity contribution < 1.29 is 9.59 Å². The van der Waals surface area contributed by atoms with Crippen molar-refractivity contribution in [2.75, 3.05) is 0 Å². The first kappa shape index (κ1) is 12.1. The molecule has 0 unspecified atom stereocenters. The minimum atomic E-state index is -0.405. The molecule has 0 aromatic heterocycles. The summed E-state index contributed by atoms with van der Waals surface area (Å²) in [4.78, 5) is 23.8. The van der Waals surface area contributed by atoms with E-state index < -0.39 is 5.54 Å². The summed E-state index contributed by atoms with van der Waals surface area (Å²) in [6.45, 7) is 10.6. The molecule has 0 aromatic carbocycles. The molecule has 3 heteroatoms. The van der Waals surface area contributed by atoms with E-state index in [0.29, 0.717) is 0 Å². The smallest absolute Gasteiger partial charge is 0.226 e. The van der Waals surface area contributed by atoms with E-state index in [1.807, 2.05) is 27.7 Å². The summed E-state index contributed by atoms with van der Waals surface area (Å²) >= 11 is 0. The second-order valence-electron chi connectivity index (χ2n) is 4.18. The van der Waals surface area contributed by atoms with Crippen molar-refractivity contribution in [3.05, 3.63) is 0 Å². The minimum absolute atomic E-state index is 0.189. The topological polar surface area (TPSA) is 37.4 Å². The molecule has 0 saturated heterocycles. The summed E-state index contributed by atoms with van der Waals surface area (Å²) < 4.78 is 0. The molecular formula is C10H19NO2. The molecule has 3 nitrogen and oxygen atoms in total. The fourth-order valence-corrected chi connectivity index (χ4v) is 1.29. The summed E-state index contributed by atoms with van der Waals surface area (Å²) in [5, 5.41) is 0. The van der Waals surface area contributed by atoms with Crippen molar-refractivity contribution in [1.29, 1.82) is 0 Å². The molecule has 0 aliphatic carbocycles. The Kier molecular flexibility index (Phi) is 3.64. The first-order chi connectivity index (χ1) is 5.71. The van der Waals surface area contributed by atoms with Crippen LogP contribution in [0.2, 0.25) is 0 Å². The lowest BCUT2D eigenvalue weighted by atomic mass is 9.88. The van der Waals surface area contributed by atoms with Gasteiger partial charge in [-0.25, -0.2) is 0 Å². The normalized spacial score (nSPS) is 11.6. The zero-order chi connectivity index (χ0) is 10.8. The van der Waals surface area contributed by atoms with E-state index in [9.17, 15) is 9.59 Å². The van der Waals surface area contributed by atoms with E-state index in [1.165, 1.54) is 18.7 Å². The van der Waals surface area contributed by atoms with E-state index in [4.69, 9.17) is 0 Å². The molecule has 13 heavy (non-hydrogen) atoms. The van der Waals surface area contributed by atoms with Gasteiger partial charge in [0, 0.05) is 19.4 Å². The number of carbonyl (C=O) groups excluding carboxylic acids is 2. The van der Waals surface area contributed by atoms with Crippen molar-refractivity contribution in [3.8, 4) is 0 Å². The molecular weight excluding hydrogens is 166 g/mol. The first-order valence-corrected chi connectivity index (χ1v) is 4.52. The van der Waals surface area contributed by atoms with E-state index in [2.05, 4.69) is 0 Å². The number of amides is 2. The maximum absolute atomic E-state index is 11.2. The van der Waals surface area contributed by atoms with Crippen LogP contribution in [0.5, 0.6) is 0 Å². The van der Waals surface area contributed by atoms with Crippen LogP contribution in [0.4, 0.5) is 0 Å². The predicted molar refractivity (Wildman–Crippen MR) is 52.1 cm³/mol. The number of rotatable bonds is 2. The van der Waals surface area contributed by atoms with E-state index in [0.717, 1.165) is 0 Å². The van der Waals surface area contributed by atoms with Gasteiger partial charge in [0.15, 0.2) is 0 Å². The summed E-state index contributed by atoms with van der Waals surface area (Å²) in [6, 6.07) is 0. The van der Waals surface area contributed by atoms with Gasteiger partial charge in [-0.1, -0.05) is 13.8 Å². The van der Waals surface area contributed by atoms with Crippen molar-refractivity contribution in [1.82, 2.24) is 4.90 Å². The molecule has 0 atom stereocenters. The molecule has 0 fully saturated rings. The van der Waals surface area contributed by atoms with Crippen LogP contribution < -0.4 is 0 Å². The third kappa shape index (κ3) is 2.54. The highest BCUT2D eigenvalue weighted by atomic mass is 16.2. The Bertz CT molecular complexity index is 205. The van der Waals surface area contributed by atoms with Gasteiger partial charge in [-0.15, -0.1) is 0 Å². The Morgan fingerprint density at radius 2 is 1.38 bits per heavy atom. The molecule has 0 N–H and O–H groups in total. The fourth-order valence-electron chi connectivity index (χ4n) is 1.29. The lowest BCUT2D eigenvalue weighted by Gasteiger charge is -2.39. The summed E-state index contributed by atoms with van der Waals surface area (Å²) in [5.41, 5.74) is -0.405. The molecule has 0 saturated carbocycles. The molecule has 0 radical (unpaired) electrons. The largest absolute Gasteiger partial charge is 0.277 e. The minimum Gasteiger partial charge on any atom is -0.277 e. The molecule has 0 aliphatic rings. The number of nitrogens with zero attached hydrogens (tertiary/aromatic N) is 1. The highest BCUT2D eigenvalue weighted by Crippen LogP contribution is 2.24. The van der Waals surface area contributed by atoms with Gasteiger partial charge in [-0.05, 0) is 19.8 Å². The van der Waals surface area contributed by atoms with Crippen molar-refractivity contribution in [3.63, 3.8) is 0 Å². The maximum Gasteiger partial charge on any atom is 0.226 e. The van der Waals surface area contributed by atoms with Crippen LogP contribution in [0.3, 0.4) is 0 Å². The van der Waals surface area contributed by atoms with Gasteiger partial charge in [-0.3, -0.25) is 14.5 Å². The molecule has 76 valence electrons. The number of hydrogen-bond acceptors (Lipinski definition) is 2. The van der Waals surface area contributed by atoms with Crippen LogP contribution in [-0.4, -0.2) is 22.3 Å². The van der Waals surface area contributed by atoms with Crippen LogP contribution in [0, 0.1) is 5.92 Å². The Hall–Kier alpha value is -0.860. The lowest BCUT2D eigenvalue weighted by Crippen LogP contribution is -2.52. The number of imide groups is 1. The van der Waals surface area contributed by atoms with Gasteiger partial charge < -0.3 is 0 Å². The second-order valence-corrected chi connectivity index (χ2v) is 4.18. The molecule has 0 heterocycles. The Balaban J connectivity index is 4.95. The SMILES string of the molecule is CC(=O)N(C(C)=O)C(C)(C)C(C)C. The maximum atomic E-state index is 11.2. The van der Waals surface area contributed by atoms with Gasteiger partial charge in [0.05, 0.1) is 0 Å². The zero-order valence-electron chi connectivity index (χ0n) is 9.34. The standard InChI is InChI=1S/C10H19NO2/c1-7(2)10(5,6)11(8(3)12)9(4)13/h7H,1-6H3. The fraction of sp³-hybridized carbons (Fsp3) is 0.800. The highest BCUT2D eigenvalue weighted by Gasteiger charge is 2.34. The van der Waals surface area contributed by atoms with Gasteiger partial charge in [-0.2, -0.15) is 0 Å². The molecule has 0 bridgehead atoms. The van der Waals surface area contributed by atoms with Crippen LogP contribution in [0.15, 0.2) is 0 Å². The molecule has 0 aliphatic heterocycles. The van der Waals surface area contributed by atoms with E-state index in [-0.39, 0.29) is 17.7 Å². The summed E-state index contributed by atoms with van der Waals surface area (Å²) in [6.07, 6.45) is 0. The molecule has 0 spiro atoms. The molecule has 0 aromatic rings. The van der Waals surface area contributed by atoms with E-state index >= 15 is 0 Å². The molecule has 0 rings (SSSR count). The summed E-state index contributed by atoms with van der Waals surface area (Å²) in [7, 11) is 0. The number of carbonyl (C=O) groups is 2. The van der Waals surface area contributed by atoms with Crippen LogP contribution in [0.1, 0.15) is 41.5 Å². The first-order valence-electron chi connectivity index (χ1n) is 4.52. The lowest BCUT2D eigenvalue weighted by molar-refractivity contribution is -0.150. The average molecular weight is 185 g/mol. The summed E-state index contributed by atoms with van der Waals surface area (Å²) in [5.74, 6) is -0.127. The third-order valence-corrected chi connectivity index (χ3v) is 2.62. The van der Waals surface area contributed by atoms with Crippen molar-refractivity contribution in [2.45, 2.75) is 47.1 Å². The zero-order valence-corrected chi connectivity index (χ0v) is 9.34. The Labute approximate surface area is 80.1 Å². The predicted octanol–water partition coefficient (Wildman–Crippen LogP) is 1.82. The second kappa shape index (κ2) is 3.90. The highest BCUT2D eigenvalue weighted by molar-refractivity contribution is 5.93.